The first-order valence-electron chi connectivity index (χ1n) is 10.6. The Hall–Kier alpha value is -3.90. The van der Waals surface area contributed by atoms with Crippen LogP contribution in [0.25, 0.3) is 22.6 Å². The number of aryl methyl sites for hydroxylation is 1. The molecule has 0 fully saturated rings. The first kappa shape index (κ1) is 24.8. The number of imidazole rings is 1. The summed E-state index contributed by atoms with van der Waals surface area (Å²) in [6.07, 6.45) is 6.85. The molecule has 13 heteroatoms. The van der Waals surface area contributed by atoms with Crippen LogP contribution in [0, 0.1) is 6.92 Å². The zero-order valence-corrected chi connectivity index (χ0v) is 20.5. The molecule has 3 heterocycles. The Labute approximate surface area is 212 Å². The maximum Gasteiger partial charge on any atom is 0.310 e. The fraction of sp³-hybridized carbons (Fsp3) is 0.0417. The van der Waals surface area contributed by atoms with Crippen molar-refractivity contribution in [3.63, 3.8) is 0 Å². The number of anilines is 1. The first-order chi connectivity index (χ1) is 17.2. The highest BCUT2D eigenvalue weighted by atomic mass is 35.5. The number of halogens is 6. The Morgan fingerprint density at radius 3 is 2.49 bits per heavy atom. The lowest BCUT2D eigenvalue weighted by molar-refractivity contribution is 0.102. The molecule has 0 aliphatic rings. The minimum atomic E-state index is -10.0. The monoisotopic (exact) mass is 553 g/mol. The molecule has 0 spiro atoms. The standard InChI is InChI=1S/C24H17ClF5N5OS/c1-15-4-5-19(32-24(36)17-9-18(25)11-20(10-17)37(26,27,28,29)30)12-22(15)34-7-8-35-23(34)13-21(33-35)16-3-2-6-31-14-16/h2-14H,1H3,(H,32,36). The molecule has 1 amide bonds. The molecule has 0 aliphatic heterocycles. The number of fused-ring (bicyclic) bond motifs is 1. The Kier molecular flexibility index (Phi) is 5.22. The smallest absolute Gasteiger partial charge is 0.310 e. The lowest BCUT2D eigenvalue weighted by Crippen LogP contribution is -2.14. The summed E-state index contributed by atoms with van der Waals surface area (Å²) in [6, 6.07) is 11.5. The van der Waals surface area contributed by atoms with Gasteiger partial charge in [-0.3, -0.25) is 14.3 Å². The summed E-state index contributed by atoms with van der Waals surface area (Å²) in [6.45, 7) is 1.84. The number of benzene rings is 2. The van der Waals surface area contributed by atoms with Crippen molar-refractivity contribution in [1.29, 1.82) is 0 Å². The van der Waals surface area contributed by atoms with Crippen LogP contribution in [-0.2, 0) is 0 Å². The number of aromatic nitrogens is 4. The van der Waals surface area contributed by atoms with E-state index in [2.05, 4.69) is 15.4 Å². The van der Waals surface area contributed by atoms with Crippen LogP contribution in [0.4, 0.5) is 25.1 Å². The van der Waals surface area contributed by atoms with E-state index in [1.807, 2.05) is 23.6 Å². The van der Waals surface area contributed by atoms with Crippen molar-refractivity contribution in [2.75, 3.05) is 5.32 Å². The molecule has 0 saturated heterocycles. The minimum absolute atomic E-state index is 0.0968. The van der Waals surface area contributed by atoms with Gasteiger partial charge in [0.1, 0.15) is 10.5 Å². The van der Waals surface area contributed by atoms with Gasteiger partial charge in [0.05, 0.1) is 11.4 Å². The van der Waals surface area contributed by atoms with Gasteiger partial charge in [0.15, 0.2) is 0 Å². The van der Waals surface area contributed by atoms with E-state index in [0.29, 0.717) is 17.0 Å². The lowest BCUT2D eigenvalue weighted by atomic mass is 10.1. The molecule has 37 heavy (non-hydrogen) atoms. The van der Waals surface area contributed by atoms with Crippen molar-refractivity contribution >= 4 is 39.1 Å². The van der Waals surface area contributed by atoms with Crippen LogP contribution in [0.1, 0.15) is 15.9 Å². The van der Waals surface area contributed by atoms with Crippen LogP contribution in [0.3, 0.4) is 0 Å². The van der Waals surface area contributed by atoms with E-state index < -0.39 is 31.6 Å². The molecular formula is C24H17ClF5N5OS. The van der Waals surface area contributed by atoms with Crippen LogP contribution >= 0.6 is 21.8 Å². The number of nitrogens with zero attached hydrogens (tertiary/aromatic N) is 4. The van der Waals surface area contributed by atoms with Gasteiger partial charge in [0.2, 0.25) is 0 Å². The Morgan fingerprint density at radius 2 is 1.78 bits per heavy atom. The van der Waals surface area contributed by atoms with Gasteiger partial charge in [-0.2, -0.15) is 5.10 Å². The highest BCUT2D eigenvalue weighted by Gasteiger charge is 2.65. The number of nitrogens with one attached hydrogen (secondary N) is 1. The fourth-order valence-electron chi connectivity index (χ4n) is 3.81. The highest BCUT2D eigenvalue weighted by Crippen LogP contribution is 3.02. The summed E-state index contributed by atoms with van der Waals surface area (Å²) in [5.41, 5.74) is 3.29. The Bertz CT molecular complexity index is 1680. The molecular weight excluding hydrogens is 537 g/mol. The summed E-state index contributed by atoms with van der Waals surface area (Å²) >= 11 is 5.63. The van der Waals surface area contributed by atoms with Crippen LogP contribution in [-0.4, -0.2) is 25.1 Å². The first-order valence-corrected chi connectivity index (χ1v) is 13.0. The molecule has 5 aromatic rings. The molecule has 0 atom stereocenters. The van der Waals surface area contributed by atoms with Gasteiger partial charge in [-0.1, -0.05) is 37.1 Å². The third kappa shape index (κ3) is 5.02. The van der Waals surface area contributed by atoms with Gasteiger partial charge in [-0.05, 0) is 55.0 Å². The van der Waals surface area contributed by atoms with E-state index >= 15 is 0 Å². The molecule has 6 nitrogen and oxygen atoms in total. The number of hydrogen-bond donors (Lipinski definition) is 1. The quantitative estimate of drug-likeness (QED) is 0.224. The van der Waals surface area contributed by atoms with E-state index in [-0.39, 0.29) is 17.8 Å². The molecule has 1 N–H and O–H groups in total. The summed E-state index contributed by atoms with van der Waals surface area (Å²) < 4.78 is 69.9. The Morgan fingerprint density at radius 1 is 1.00 bits per heavy atom. The van der Waals surface area contributed by atoms with Crippen LogP contribution in [0.5, 0.6) is 0 Å². The zero-order chi connectivity index (χ0) is 26.7. The Balaban J connectivity index is 1.48. The van der Waals surface area contributed by atoms with E-state index in [0.717, 1.165) is 17.2 Å². The third-order valence-corrected chi connectivity index (χ3v) is 6.93. The fourth-order valence-corrected chi connectivity index (χ4v) is 4.81. The summed E-state index contributed by atoms with van der Waals surface area (Å²) in [4.78, 5) is 14.6. The van der Waals surface area contributed by atoms with Crippen molar-refractivity contribution in [3.8, 4) is 16.9 Å². The van der Waals surface area contributed by atoms with E-state index in [4.69, 9.17) is 11.6 Å². The number of rotatable bonds is 5. The largest absolute Gasteiger partial charge is 0.322 e. The van der Waals surface area contributed by atoms with E-state index in [1.165, 1.54) is 0 Å². The summed E-state index contributed by atoms with van der Waals surface area (Å²) in [7, 11) is -10.0. The van der Waals surface area contributed by atoms with Gasteiger partial charge < -0.3 is 5.32 Å². The second-order valence-electron chi connectivity index (χ2n) is 8.34. The van der Waals surface area contributed by atoms with Gasteiger partial charge in [-0.25, -0.2) is 4.52 Å². The maximum atomic E-state index is 13.3. The summed E-state index contributed by atoms with van der Waals surface area (Å²) in [5, 5.41) is 6.36. The molecule has 0 aliphatic carbocycles. The second kappa shape index (κ2) is 7.80. The topological polar surface area (TPSA) is 64.2 Å². The lowest BCUT2D eigenvalue weighted by Gasteiger charge is -2.40. The van der Waals surface area contributed by atoms with Crippen molar-refractivity contribution in [2.24, 2.45) is 0 Å². The second-order valence-corrected chi connectivity index (χ2v) is 11.2. The van der Waals surface area contributed by atoms with Crippen molar-refractivity contribution in [2.45, 2.75) is 11.8 Å². The highest BCUT2D eigenvalue weighted by molar-refractivity contribution is 8.45. The molecule has 5 rings (SSSR count). The predicted octanol–water partition coefficient (Wildman–Crippen LogP) is 8.06. The van der Waals surface area contributed by atoms with Gasteiger partial charge in [0.25, 0.3) is 5.91 Å². The minimum Gasteiger partial charge on any atom is -0.322 e. The average molecular weight is 554 g/mol. The van der Waals surface area contributed by atoms with Gasteiger partial charge in [-0.15, -0.1) is 0 Å². The number of pyridine rings is 1. The third-order valence-electron chi connectivity index (χ3n) is 5.58. The molecule has 0 unspecified atom stereocenters. The summed E-state index contributed by atoms with van der Waals surface area (Å²) in [5.74, 6) is -1.03. The van der Waals surface area contributed by atoms with Crippen LogP contribution < -0.4 is 5.32 Å². The van der Waals surface area contributed by atoms with Crippen molar-refractivity contribution in [3.05, 3.63) is 95.5 Å². The number of carbonyl (C=O) groups is 1. The molecule has 0 radical (unpaired) electrons. The normalized spacial score (nSPS) is 13.8. The number of carbonyl (C=O) groups excluding carboxylic acids is 1. The van der Waals surface area contributed by atoms with Crippen molar-refractivity contribution in [1.82, 2.24) is 19.2 Å². The molecule has 2 aromatic carbocycles. The zero-order valence-electron chi connectivity index (χ0n) is 18.9. The average Bonchev–Trinajstić information content (AvgIpc) is 3.40. The molecule has 0 saturated carbocycles. The van der Waals surface area contributed by atoms with E-state index in [1.54, 1.807) is 53.6 Å². The SMILES string of the molecule is Cc1ccc(NC(=O)c2cc(Cl)cc(S(F)(F)(F)(F)F)c2)cc1-n1ccn2nc(-c3cccnc3)cc12. The van der Waals surface area contributed by atoms with E-state index in [9.17, 15) is 24.2 Å². The molecule has 3 aromatic heterocycles. The maximum absolute atomic E-state index is 13.3. The van der Waals surface area contributed by atoms with Crippen molar-refractivity contribution < 1.29 is 24.2 Å². The number of hydrogen-bond acceptors (Lipinski definition) is 3. The number of amides is 1. The van der Waals surface area contributed by atoms with Gasteiger partial charge >= 0.3 is 10.2 Å². The van der Waals surface area contributed by atoms with Crippen LogP contribution in [0.2, 0.25) is 5.02 Å². The molecule has 0 bridgehead atoms. The predicted molar refractivity (Wildman–Crippen MR) is 133 cm³/mol. The molecule has 192 valence electrons. The van der Waals surface area contributed by atoms with Crippen LogP contribution in [0.15, 0.2) is 84.3 Å². The van der Waals surface area contributed by atoms with Gasteiger partial charge in [0, 0.05) is 52.7 Å².